The molecule has 1 nitrogen and oxygen atoms in total. The van der Waals surface area contributed by atoms with Gasteiger partial charge in [-0.05, 0) is 42.8 Å². The summed E-state index contributed by atoms with van der Waals surface area (Å²) in [6.45, 7) is 5.41. The molecule has 3 rings (SSSR count). The monoisotopic (exact) mass is 444 g/mol. The predicted molar refractivity (Wildman–Crippen MR) is 118 cm³/mol. The zero-order valence-electron chi connectivity index (χ0n) is 17.4. The molecule has 0 aliphatic carbocycles. The van der Waals surface area contributed by atoms with E-state index in [0.717, 1.165) is 18.1 Å². The molecule has 0 bridgehead atoms. The van der Waals surface area contributed by atoms with Crippen LogP contribution in [0.15, 0.2) is 67.3 Å². The average Bonchev–Trinajstić information content (AvgIpc) is 2.80. The Balaban J connectivity index is 2.03. The van der Waals surface area contributed by atoms with Crippen LogP contribution in [-0.4, -0.2) is 6.61 Å². The van der Waals surface area contributed by atoms with Crippen LogP contribution in [0.5, 0.6) is 5.75 Å². The van der Waals surface area contributed by atoms with Crippen LogP contribution in [0.2, 0.25) is 0 Å². The van der Waals surface area contributed by atoms with Gasteiger partial charge in [0.2, 0.25) is 0 Å². The molecular formula is C26H21F5O. The molecule has 0 aromatic heterocycles. The van der Waals surface area contributed by atoms with Crippen LogP contribution in [0.1, 0.15) is 30.0 Å². The first-order chi connectivity index (χ1) is 15.4. The molecule has 0 unspecified atom stereocenters. The first-order valence-corrected chi connectivity index (χ1v) is 9.99. The van der Waals surface area contributed by atoms with E-state index >= 15 is 0 Å². The molecule has 0 amide bonds. The molecule has 0 heterocycles. The molecule has 0 saturated carbocycles. The zero-order chi connectivity index (χ0) is 23.3. The number of aryl methyl sites for hydroxylation is 1. The Morgan fingerprint density at radius 3 is 2.31 bits per heavy atom. The van der Waals surface area contributed by atoms with Crippen LogP contribution in [-0.2, 0) is 6.42 Å². The number of allylic oxidation sites excluding steroid dienone is 2. The quantitative estimate of drug-likeness (QED) is 0.194. The molecular weight excluding hydrogens is 423 g/mol. The molecule has 166 valence electrons. The van der Waals surface area contributed by atoms with Crippen molar-refractivity contribution in [2.75, 3.05) is 6.61 Å². The molecule has 3 aromatic rings. The summed E-state index contributed by atoms with van der Waals surface area (Å²) in [5.41, 5.74) is -0.151. The SMILES string of the molecule is C=CCCc1ccc(C(F)=C(F)c2cc3ccc(OCC=CC)c(F)c3c(F)c2F)cc1. The topological polar surface area (TPSA) is 9.23 Å². The lowest BCUT2D eigenvalue weighted by atomic mass is 10.0. The average molecular weight is 444 g/mol. The van der Waals surface area contributed by atoms with E-state index in [4.69, 9.17) is 4.74 Å². The van der Waals surface area contributed by atoms with Crippen molar-refractivity contribution in [3.8, 4) is 5.75 Å². The van der Waals surface area contributed by atoms with E-state index in [9.17, 15) is 22.0 Å². The summed E-state index contributed by atoms with van der Waals surface area (Å²) in [4.78, 5) is 0. The largest absolute Gasteiger partial charge is 0.486 e. The minimum absolute atomic E-state index is 0.0378. The van der Waals surface area contributed by atoms with E-state index in [1.165, 1.54) is 24.3 Å². The molecule has 0 spiro atoms. The van der Waals surface area contributed by atoms with Crippen molar-refractivity contribution in [3.63, 3.8) is 0 Å². The van der Waals surface area contributed by atoms with Gasteiger partial charge in [0.25, 0.3) is 0 Å². The summed E-state index contributed by atoms with van der Waals surface area (Å²) < 4.78 is 78.7. The first-order valence-electron chi connectivity index (χ1n) is 9.99. The number of fused-ring (bicyclic) bond motifs is 1. The van der Waals surface area contributed by atoms with Crippen molar-refractivity contribution >= 4 is 22.4 Å². The van der Waals surface area contributed by atoms with Crippen molar-refractivity contribution in [3.05, 3.63) is 101 Å². The van der Waals surface area contributed by atoms with E-state index in [1.807, 2.05) is 0 Å². The Labute approximate surface area is 183 Å². The van der Waals surface area contributed by atoms with E-state index in [1.54, 1.807) is 37.3 Å². The Kier molecular flexibility index (Phi) is 7.46. The highest BCUT2D eigenvalue weighted by atomic mass is 19.2. The number of benzene rings is 3. The van der Waals surface area contributed by atoms with Gasteiger partial charge in [0.05, 0.1) is 10.9 Å². The van der Waals surface area contributed by atoms with Crippen molar-refractivity contribution < 1.29 is 26.7 Å². The summed E-state index contributed by atoms with van der Waals surface area (Å²) in [6, 6.07) is 9.31. The second kappa shape index (κ2) is 10.3. The summed E-state index contributed by atoms with van der Waals surface area (Å²) >= 11 is 0. The smallest absolute Gasteiger partial charge is 0.175 e. The minimum atomic E-state index is -1.68. The third-order valence-electron chi connectivity index (χ3n) is 4.93. The molecule has 0 saturated heterocycles. The maximum atomic E-state index is 14.8. The maximum absolute atomic E-state index is 14.8. The van der Waals surface area contributed by atoms with Gasteiger partial charge in [0, 0.05) is 5.56 Å². The number of hydrogen-bond acceptors (Lipinski definition) is 1. The fourth-order valence-corrected chi connectivity index (χ4v) is 3.20. The van der Waals surface area contributed by atoms with Crippen LogP contribution < -0.4 is 4.74 Å². The van der Waals surface area contributed by atoms with Crippen LogP contribution >= 0.6 is 0 Å². The lowest BCUT2D eigenvalue weighted by molar-refractivity contribution is 0.342. The van der Waals surface area contributed by atoms with Crippen molar-refractivity contribution in [2.24, 2.45) is 0 Å². The third-order valence-corrected chi connectivity index (χ3v) is 4.93. The van der Waals surface area contributed by atoms with Gasteiger partial charge in [0.1, 0.15) is 6.61 Å². The highest BCUT2D eigenvalue weighted by Gasteiger charge is 2.23. The third kappa shape index (κ3) is 4.74. The van der Waals surface area contributed by atoms with Crippen LogP contribution in [0.4, 0.5) is 22.0 Å². The van der Waals surface area contributed by atoms with Gasteiger partial charge in [0.15, 0.2) is 34.9 Å². The van der Waals surface area contributed by atoms with Gasteiger partial charge in [-0.2, -0.15) is 0 Å². The van der Waals surface area contributed by atoms with Gasteiger partial charge < -0.3 is 4.74 Å². The normalized spacial score (nSPS) is 12.3. The maximum Gasteiger partial charge on any atom is 0.175 e. The molecule has 0 aliphatic rings. The summed E-state index contributed by atoms with van der Waals surface area (Å²) in [5.74, 6) is -7.61. The summed E-state index contributed by atoms with van der Waals surface area (Å²) in [5, 5.41) is -0.818. The molecule has 0 N–H and O–H groups in total. The summed E-state index contributed by atoms with van der Waals surface area (Å²) in [7, 11) is 0. The first kappa shape index (κ1) is 23.3. The molecule has 0 atom stereocenters. The van der Waals surface area contributed by atoms with E-state index in [0.29, 0.717) is 6.42 Å². The van der Waals surface area contributed by atoms with Gasteiger partial charge in [-0.1, -0.05) is 48.6 Å². The molecule has 0 radical (unpaired) electrons. The lowest BCUT2D eigenvalue weighted by Crippen LogP contribution is -2.00. The second-order valence-corrected chi connectivity index (χ2v) is 7.06. The lowest BCUT2D eigenvalue weighted by Gasteiger charge is -2.11. The van der Waals surface area contributed by atoms with Gasteiger partial charge in [-0.15, -0.1) is 6.58 Å². The van der Waals surface area contributed by atoms with Gasteiger partial charge in [-0.3, -0.25) is 0 Å². The van der Waals surface area contributed by atoms with Crippen molar-refractivity contribution in [2.45, 2.75) is 19.8 Å². The highest BCUT2D eigenvalue weighted by molar-refractivity contribution is 5.91. The Morgan fingerprint density at radius 1 is 0.938 bits per heavy atom. The minimum Gasteiger partial charge on any atom is -0.486 e. The number of ether oxygens (including phenoxy) is 1. The van der Waals surface area contributed by atoms with Gasteiger partial charge in [-0.25, -0.2) is 22.0 Å². The molecule has 0 aliphatic heterocycles. The van der Waals surface area contributed by atoms with E-state index in [-0.39, 0.29) is 23.3 Å². The molecule has 32 heavy (non-hydrogen) atoms. The standard InChI is InChI=1S/C26H21F5O/c1-3-5-7-16-8-10-17(11-9-16)22(27)23(28)19-15-18-12-13-20(32-14-6-4-2)25(30)21(18)26(31)24(19)29/h3-4,6,8-13,15H,1,5,7,14H2,2H3. The zero-order valence-corrected chi connectivity index (χ0v) is 17.4. The van der Waals surface area contributed by atoms with Crippen LogP contribution in [0.3, 0.4) is 0 Å². The number of rotatable bonds is 8. The Hall–Kier alpha value is -3.41. The van der Waals surface area contributed by atoms with Crippen LogP contribution in [0, 0.1) is 17.5 Å². The number of hydrogen-bond donors (Lipinski definition) is 0. The van der Waals surface area contributed by atoms with Crippen molar-refractivity contribution in [1.82, 2.24) is 0 Å². The molecule has 0 fully saturated rings. The van der Waals surface area contributed by atoms with E-state index < -0.39 is 40.1 Å². The van der Waals surface area contributed by atoms with Crippen LogP contribution in [0.25, 0.3) is 22.4 Å². The summed E-state index contributed by atoms with van der Waals surface area (Å²) in [6.07, 6.45) is 6.45. The number of halogens is 5. The van der Waals surface area contributed by atoms with Gasteiger partial charge >= 0.3 is 0 Å². The molecule has 6 heteroatoms. The highest BCUT2D eigenvalue weighted by Crippen LogP contribution is 2.36. The van der Waals surface area contributed by atoms with E-state index in [2.05, 4.69) is 6.58 Å². The fourth-order valence-electron chi connectivity index (χ4n) is 3.20. The fraction of sp³-hybridized carbons (Fsp3) is 0.154. The van der Waals surface area contributed by atoms with Crippen molar-refractivity contribution in [1.29, 1.82) is 0 Å². The predicted octanol–water partition coefficient (Wildman–Crippen LogP) is 8.10. The Morgan fingerprint density at radius 2 is 1.66 bits per heavy atom. The molecule has 3 aromatic carbocycles. The Bertz CT molecular complexity index is 1190. The second-order valence-electron chi connectivity index (χ2n) is 7.06.